The van der Waals surface area contributed by atoms with Crippen molar-refractivity contribution in [2.24, 2.45) is 0 Å². The first-order valence-corrected chi connectivity index (χ1v) is 8.92. The van der Waals surface area contributed by atoms with Gasteiger partial charge in [-0.15, -0.1) is 0 Å². The van der Waals surface area contributed by atoms with E-state index in [4.69, 9.17) is 4.74 Å². The lowest BCUT2D eigenvalue weighted by atomic mass is 9.89. The molecule has 1 fully saturated rings. The zero-order valence-corrected chi connectivity index (χ0v) is 15.9. The average molecular weight is 438 g/mol. The molecule has 0 aromatic heterocycles. The van der Waals surface area contributed by atoms with Crippen molar-refractivity contribution in [1.29, 1.82) is 0 Å². The zero-order chi connectivity index (χ0) is 22.6. The van der Waals surface area contributed by atoms with Gasteiger partial charge in [0.1, 0.15) is 0 Å². The maximum Gasteiger partial charge on any atom is 0.420 e. The van der Waals surface area contributed by atoms with Gasteiger partial charge in [0.25, 0.3) is 5.91 Å². The molecule has 5 nitrogen and oxygen atoms in total. The normalized spacial score (nSPS) is 16.4. The number of morpholine rings is 1. The number of nitrogens with zero attached hydrogens (tertiary/aromatic N) is 1. The quantitative estimate of drug-likeness (QED) is 0.546. The SMILES string of the molecule is CC(=O)/C=C(/CC(NC(=O)c1ccccc1)(C(F)(F)F)C(F)(F)F)N1CCOCC1. The highest BCUT2D eigenvalue weighted by Gasteiger charge is 2.72. The molecular weight excluding hydrogens is 418 g/mol. The van der Waals surface area contributed by atoms with Crippen LogP contribution in [0.2, 0.25) is 0 Å². The number of ether oxygens (including phenoxy) is 1. The van der Waals surface area contributed by atoms with Crippen LogP contribution in [0.5, 0.6) is 0 Å². The maximum atomic E-state index is 13.9. The topological polar surface area (TPSA) is 58.6 Å². The van der Waals surface area contributed by atoms with E-state index in [0.717, 1.165) is 25.1 Å². The Labute approximate surface area is 168 Å². The second kappa shape index (κ2) is 9.07. The van der Waals surface area contributed by atoms with E-state index in [1.165, 1.54) is 28.4 Å². The molecule has 1 aromatic rings. The molecule has 11 heteroatoms. The Hall–Kier alpha value is -2.56. The zero-order valence-electron chi connectivity index (χ0n) is 15.9. The highest BCUT2D eigenvalue weighted by molar-refractivity contribution is 5.95. The van der Waals surface area contributed by atoms with Gasteiger partial charge < -0.3 is 15.0 Å². The van der Waals surface area contributed by atoms with Gasteiger partial charge in [0.05, 0.1) is 13.2 Å². The Morgan fingerprint density at radius 1 is 1.03 bits per heavy atom. The summed E-state index contributed by atoms with van der Waals surface area (Å²) in [7, 11) is 0. The molecule has 1 aliphatic heterocycles. The monoisotopic (exact) mass is 438 g/mol. The molecule has 0 spiro atoms. The van der Waals surface area contributed by atoms with Crippen LogP contribution in [0.25, 0.3) is 0 Å². The van der Waals surface area contributed by atoms with Crippen molar-refractivity contribution in [3.63, 3.8) is 0 Å². The minimum atomic E-state index is -5.89. The highest BCUT2D eigenvalue weighted by Crippen LogP contribution is 2.47. The molecule has 0 radical (unpaired) electrons. The smallest absolute Gasteiger partial charge is 0.378 e. The standard InChI is InChI=1S/C19H20F6N2O3/c1-13(28)11-15(27-7-9-30-10-8-27)12-17(18(20,21)22,19(23,24)25)26-16(29)14-5-3-2-4-6-14/h2-6,11H,7-10,12H2,1H3,(H,26,29)/b15-11-. The van der Waals surface area contributed by atoms with E-state index in [-0.39, 0.29) is 31.9 Å². The summed E-state index contributed by atoms with van der Waals surface area (Å²) in [6.45, 7) is 1.20. The number of benzene rings is 1. The lowest BCUT2D eigenvalue weighted by molar-refractivity contribution is -0.304. The fourth-order valence-electron chi connectivity index (χ4n) is 3.01. The fourth-order valence-corrected chi connectivity index (χ4v) is 3.01. The third-order valence-electron chi connectivity index (χ3n) is 4.56. The van der Waals surface area contributed by atoms with Crippen molar-refractivity contribution in [2.45, 2.75) is 31.2 Å². The van der Waals surface area contributed by atoms with E-state index in [1.807, 2.05) is 0 Å². The van der Waals surface area contributed by atoms with Crippen molar-refractivity contribution in [3.05, 3.63) is 47.7 Å². The summed E-state index contributed by atoms with van der Waals surface area (Å²) in [6, 6.07) is 6.28. The summed E-state index contributed by atoms with van der Waals surface area (Å²) in [4.78, 5) is 25.1. The molecule has 1 N–H and O–H groups in total. The van der Waals surface area contributed by atoms with E-state index in [2.05, 4.69) is 0 Å². The van der Waals surface area contributed by atoms with Gasteiger partial charge >= 0.3 is 12.4 Å². The van der Waals surface area contributed by atoms with Crippen LogP contribution in [0.1, 0.15) is 23.7 Å². The Balaban J connectivity index is 2.53. The molecule has 0 atom stereocenters. The lowest BCUT2D eigenvalue weighted by Gasteiger charge is -2.41. The Morgan fingerprint density at radius 2 is 1.57 bits per heavy atom. The van der Waals surface area contributed by atoms with Crippen molar-refractivity contribution >= 4 is 11.7 Å². The van der Waals surface area contributed by atoms with Crippen molar-refractivity contribution in [1.82, 2.24) is 10.2 Å². The highest BCUT2D eigenvalue weighted by atomic mass is 19.4. The lowest BCUT2D eigenvalue weighted by Crippen LogP contribution is -2.68. The summed E-state index contributed by atoms with van der Waals surface area (Å²) in [6.07, 6.45) is -12.7. The van der Waals surface area contributed by atoms with Gasteiger partial charge in [-0.1, -0.05) is 18.2 Å². The molecule has 1 heterocycles. The number of alkyl halides is 6. The number of hydrogen-bond acceptors (Lipinski definition) is 4. The third-order valence-corrected chi connectivity index (χ3v) is 4.56. The minimum Gasteiger partial charge on any atom is -0.378 e. The summed E-state index contributed by atoms with van der Waals surface area (Å²) in [5.41, 5.74) is -5.43. The summed E-state index contributed by atoms with van der Waals surface area (Å²) in [5, 5.41) is 1.17. The van der Waals surface area contributed by atoms with Gasteiger partial charge in [0.2, 0.25) is 5.54 Å². The van der Waals surface area contributed by atoms with Gasteiger partial charge in [-0.25, -0.2) is 0 Å². The van der Waals surface area contributed by atoms with Crippen molar-refractivity contribution in [2.75, 3.05) is 26.3 Å². The van der Waals surface area contributed by atoms with Gasteiger partial charge in [0.15, 0.2) is 5.78 Å². The fraction of sp³-hybridized carbons (Fsp3) is 0.474. The molecule has 0 aliphatic carbocycles. The first-order valence-electron chi connectivity index (χ1n) is 8.92. The molecule has 0 saturated carbocycles. The molecule has 1 aliphatic rings. The Bertz CT molecular complexity index is 770. The van der Waals surface area contributed by atoms with Gasteiger partial charge in [-0.05, 0) is 19.1 Å². The molecule has 1 saturated heterocycles. The van der Waals surface area contributed by atoms with Crippen LogP contribution in [0, 0.1) is 0 Å². The molecule has 166 valence electrons. The molecule has 1 amide bonds. The van der Waals surface area contributed by atoms with E-state index in [1.54, 1.807) is 0 Å². The van der Waals surface area contributed by atoms with Gasteiger partial charge in [-0.2, -0.15) is 26.3 Å². The number of carbonyl (C=O) groups is 2. The van der Waals surface area contributed by atoms with Crippen LogP contribution < -0.4 is 5.32 Å². The van der Waals surface area contributed by atoms with Crippen LogP contribution >= 0.6 is 0 Å². The summed E-state index contributed by atoms with van der Waals surface area (Å²) < 4.78 is 88.6. The predicted octanol–water partition coefficient (Wildman–Crippen LogP) is 3.48. The van der Waals surface area contributed by atoms with E-state index in [9.17, 15) is 35.9 Å². The van der Waals surface area contributed by atoms with Crippen molar-refractivity contribution in [3.8, 4) is 0 Å². The number of ketones is 1. The number of halogens is 6. The number of hydrogen-bond donors (Lipinski definition) is 1. The average Bonchev–Trinajstić information content (AvgIpc) is 2.66. The van der Waals surface area contributed by atoms with E-state index in [0.29, 0.717) is 0 Å². The maximum absolute atomic E-state index is 13.9. The first kappa shape index (κ1) is 23.7. The number of nitrogens with one attached hydrogen (secondary N) is 1. The second-order valence-electron chi connectivity index (χ2n) is 6.74. The van der Waals surface area contributed by atoms with Crippen LogP contribution in [0.4, 0.5) is 26.3 Å². The van der Waals surface area contributed by atoms with Crippen LogP contribution in [-0.2, 0) is 9.53 Å². The number of carbonyl (C=O) groups excluding carboxylic acids is 2. The molecule has 1 aromatic carbocycles. The van der Waals surface area contributed by atoms with E-state index >= 15 is 0 Å². The number of allylic oxidation sites excluding steroid dienone is 1. The van der Waals surface area contributed by atoms with E-state index < -0.39 is 41.7 Å². The third kappa shape index (κ3) is 5.32. The Kier molecular flexibility index (Phi) is 7.17. The van der Waals surface area contributed by atoms with Crippen LogP contribution in [0.15, 0.2) is 42.1 Å². The van der Waals surface area contributed by atoms with Gasteiger partial charge in [0, 0.05) is 36.8 Å². The molecular formula is C19H20F6N2O3. The van der Waals surface area contributed by atoms with Crippen molar-refractivity contribution < 1.29 is 40.7 Å². The van der Waals surface area contributed by atoms with Crippen LogP contribution in [-0.4, -0.2) is 60.8 Å². The van der Waals surface area contributed by atoms with Gasteiger partial charge in [-0.3, -0.25) is 9.59 Å². The Morgan fingerprint density at radius 3 is 2.03 bits per heavy atom. The van der Waals surface area contributed by atoms with Crippen LogP contribution in [0.3, 0.4) is 0 Å². The molecule has 0 bridgehead atoms. The predicted molar refractivity (Wildman–Crippen MR) is 94.5 cm³/mol. The summed E-state index contributed by atoms with van der Waals surface area (Å²) >= 11 is 0. The molecule has 30 heavy (non-hydrogen) atoms. The summed E-state index contributed by atoms with van der Waals surface area (Å²) in [5.74, 6) is -2.25. The molecule has 0 unspecified atom stereocenters. The largest absolute Gasteiger partial charge is 0.420 e. The molecule has 2 rings (SSSR count). The number of rotatable bonds is 6. The number of amides is 1. The minimum absolute atomic E-state index is 0.0114. The first-order chi connectivity index (χ1) is 13.9. The second-order valence-corrected chi connectivity index (χ2v) is 6.74.